The standard InChI is InChI=1S/C14H15ClN2O/c1-9-11(15)4-3-5-13(9)17-14-7-6-10(18-2)8-12(14)16/h3-8,17H,16H2,1-2H3. The lowest BCUT2D eigenvalue weighted by Gasteiger charge is -2.13. The molecule has 0 heterocycles. The van der Waals surface area contributed by atoms with Crippen LogP contribution in [0, 0.1) is 6.92 Å². The van der Waals surface area contributed by atoms with E-state index in [1.807, 2.05) is 37.3 Å². The Kier molecular flexibility index (Phi) is 3.63. The number of benzene rings is 2. The van der Waals surface area contributed by atoms with Crippen molar-refractivity contribution in [2.24, 2.45) is 0 Å². The van der Waals surface area contributed by atoms with Crippen molar-refractivity contribution >= 4 is 28.7 Å². The zero-order valence-corrected chi connectivity index (χ0v) is 11.1. The summed E-state index contributed by atoms with van der Waals surface area (Å²) in [7, 11) is 1.61. The lowest BCUT2D eigenvalue weighted by Crippen LogP contribution is -1.98. The Bertz CT molecular complexity index is 570. The number of anilines is 3. The van der Waals surface area contributed by atoms with Crippen molar-refractivity contribution < 1.29 is 4.74 Å². The van der Waals surface area contributed by atoms with E-state index in [-0.39, 0.29) is 0 Å². The van der Waals surface area contributed by atoms with Crippen molar-refractivity contribution in [2.75, 3.05) is 18.2 Å². The van der Waals surface area contributed by atoms with Gasteiger partial charge in [0.25, 0.3) is 0 Å². The summed E-state index contributed by atoms with van der Waals surface area (Å²) >= 11 is 6.08. The van der Waals surface area contributed by atoms with E-state index in [0.29, 0.717) is 5.69 Å². The van der Waals surface area contributed by atoms with Gasteiger partial charge in [0.15, 0.2) is 0 Å². The molecule has 0 saturated heterocycles. The molecule has 2 rings (SSSR count). The van der Waals surface area contributed by atoms with E-state index in [1.54, 1.807) is 13.2 Å². The number of nitrogens with one attached hydrogen (secondary N) is 1. The highest BCUT2D eigenvalue weighted by Crippen LogP contribution is 2.30. The van der Waals surface area contributed by atoms with E-state index < -0.39 is 0 Å². The van der Waals surface area contributed by atoms with Gasteiger partial charge in [0.1, 0.15) is 5.75 Å². The predicted octanol–water partition coefficient (Wildman–Crippen LogP) is 3.98. The second-order valence-electron chi connectivity index (χ2n) is 3.99. The maximum absolute atomic E-state index is 6.08. The molecule has 0 amide bonds. The molecule has 3 N–H and O–H groups in total. The van der Waals surface area contributed by atoms with Gasteiger partial charge in [-0.05, 0) is 36.8 Å². The zero-order chi connectivity index (χ0) is 13.1. The second-order valence-corrected chi connectivity index (χ2v) is 4.40. The minimum Gasteiger partial charge on any atom is -0.497 e. The number of hydrogen-bond donors (Lipinski definition) is 2. The molecule has 2 aromatic carbocycles. The van der Waals surface area contributed by atoms with Crippen LogP contribution in [0.2, 0.25) is 5.02 Å². The number of rotatable bonds is 3. The fraction of sp³-hybridized carbons (Fsp3) is 0.143. The fourth-order valence-corrected chi connectivity index (χ4v) is 1.84. The molecule has 0 radical (unpaired) electrons. The van der Waals surface area contributed by atoms with Gasteiger partial charge in [0.05, 0.1) is 18.5 Å². The van der Waals surface area contributed by atoms with Gasteiger partial charge >= 0.3 is 0 Å². The van der Waals surface area contributed by atoms with Crippen LogP contribution < -0.4 is 15.8 Å². The van der Waals surface area contributed by atoms with Crippen LogP contribution in [0.5, 0.6) is 5.75 Å². The fourth-order valence-electron chi connectivity index (χ4n) is 1.67. The number of halogens is 1. The average molecular weight is 263 g/mol. The first-order valence-corrected chi connectivity index (χ1v) is 5.95. The molecule has 0 aliphatic heterocycles. The highest BCUT2D eigenvalue weighted by Gasteiger charge is 2.05. The number of nitrogens with two attached hydrogens (primary N) is 1. The molecule has 0 atom stereocenters. The Morgan fingerprint density at radius 2 is 1.94 bits per heavy atom. The average Bonchev–Trinajstić information content (AvgIpc) is 2.37. The van der Waals surface area contributed by atoms with Crippen LogP contribution >= 0.6 is 11.6 Å². The van der Waals surface area contributed by atoms with Gasteiger partial charge in [0, 0.05) is 16.8 Å². The molecule has 0 aromatic heterocycles. The van der Waals surface area contributed by atoms with Crippen LogP contribution in [0.3, 0.4) is 0 Å². The van der Waals surface area contributed by atoms with E-state index in [9.17, 15) is 0 Å². The first kappa shape index (κ1) is 12.6. The van der Waals surface area contributed by atoms with Crippen LogP contribution in [-0.4, -0.2) is 7.11 Å². The summed E-state index contributed by atoms with van der Waals surface area (Å²) in [6.07, 6.45) is 0. The zero-order valence-electron chi connectivity index (χ0n) is 10.3. The van der Waals surface area contributed by atoms with Gasteiger partial charge in [0.2, 0.25) is 0 Å². The molecule has 0 spiro atoms. The Labute approximate surface area is 112 Å². The lowest BCUT2D eigenvalue weighted by molar-refractivity contribution is 0.415. The first-order chi connectivity index (χ1) is 8.61. The molecule has 0 unspecified atom stereocenters. The van der Waals surface area contributed by atoms with Gasteiger partial charge in [-0.25, -0.2) is 0 Å². The van der Waals surface area contributed by atoms with Gasteiger partial charge < -0.3 is 15.8 Å². The molecular weight excluding hydrogens is 248 g/mol. The molecule has 3 nitrogen and oxygen atoms in total. The van der Waals surface area contributed by atoms with E-state index >= 15 is 0 Å². The summed E-state index contributed by atoms with van der Waals surface area (Å²) in [6, 6.07) is 11.2. The lowest BCUT2D eigenvalue weighted by atomic mass is 10.2. The molecular formula is C14H15ClN2O. The number of hydrogen-bond acceptors (Lipinski definition) is 3. The van der Waals surface area contributed by atoms with E-state index in [4.69, 9.17) is 22.1 Å². The van der Waals surface area contributed by atoms with Gasteiger partial charge in [-0.1, -0.05) is 17.7 Å². The third kappa shape index (κ3) is 2.51. The second kappa shape index (κ2) is 5.19. The smallest absolute Gasteiger partial charge is 0.121 e. The van der Waals surface area contributed by atoms with Crippen LogP contribution in [0.4, 0.5) is 17.1 Å². The van der Waals surface area contributed by atoms with Crippen molar-refractivity contribution in [3.63, 3.8) is 0 Å². The molecule has 0 aliphatic carbocycles. The molecule has 18 heavy (non-hydrogen) atoms. The Balaban J connectivity index is 2.31. The molecule has 0 fully saturated rings. The monoisotopic (exact) mass is 262 g/mol. The number of nitrogen functional groups attached to an aromatic ring is 1. The van der Waals surface area contributed by atoms with Crippen molar-refractivity contribution in [1.82, 2.24) is 0 Å². The van der Waals surface area contributed by atoms with Gasteiger partial charge in [-0.2, -0.15) is 0 Å². The van der Waals surface area contributed by atoms with Gasteiger partial charge in [-0.3, -0.25) is 0 Å². The van der Waals surface area contributed by atoms with Crippen molar-refractivity contribution in [2.45, 2.75) is 6.92 Å². The van der Waals surface area contributed by atoms with Crippen molar-refractivity contribution in [3.05, 3.63) is 47.0 Å². The number of ether oxygens (including phenoxy) is 1. The summed E-state index contributed by atoms with van der Waals surface area (Å²) < 4.78 is 5.11. The summed E-state index contributed by atoms with van der Waals surface area (Å²) in [5, 5.41) is 4.00. The molecule has 94 valence electrons. The summed E-state index contributed by atoms with van der Waals surface area (Å²) in [5.74, 6) is 0.737. The maximum atomic E-state index is 6.08. The van der Waals surface area contributed by atoms with Crippen molar-refractivity contribution in [3.8, 4) is 5.75 Å². The van der Waals surface area contributed by atoms with Gasteiger partial charge in [-0.15, -0.1) is 0 Å². The largest absolute Gasteiger partial charge is 0.497 e. The molecule has 4 heteroatoms. The number of methoxy groups -OCH3 is 1. The first-order valence-electron chi connectivity index (χ1n) is 5.57. The summed E-state index contributed by atoms with van der Waals surface area (Å²) in [6.45, 7) is 1.96. The van der Waals surface area contributed by atoms with Crippen LogP contribution in [0.25, 0.3) is 0 Å². The van der Waals surface area contributed by atoms with Crippen LogP contribution in [-0.2, 0) is 0 Å². The summed E-state index contributed by atoms with van der Waals surface area (Å²) in [4.78, 5) is 0. The topological polar surface area (TPSA) is 47.3 Å². The third-order valence-electron chi connectivity index (χ3n) is 2.80. The highest BCUT2D eigenvalue weighted by molar-refractivity contribution is 6.31. The van der Waals surface area contributed by atoms with E-state index in [1.165, 1.54) is 0 Å². The maximum Gasteiger partial charge on any atom is 0.121 e. The minimum atomic E-state index is 0.633. The molecule has 0 bridgehead atoms. The Morgan fingerprint density at radius 1 is 1.17 bits per heavy atom. The van der Waals surface area contributed by atoms with E-state index in [2.05, 4.69) is 5.32 Å². The van der Waals surface area contributed by atoms with Crippen molar-refractivity contribution in [1.29, 1.82) is 0 Å². The SMILES string of the molecule is COc1ccc(Nc2cccc(Cl)c2C)c(N)c1. The minimum absolute atomic E-state index is 0.633. The van der Waals surface area contributed by atoms with Crippen LogP contribution in [0.1, 0.15) is 5.56 Å². The van der Waals surface area contributed by atoms with E-state index in [0.717, 1.165) is 27.7 Å². The highest BCUT2D eigenvalue weighted by atomic mass is 35.5. The van der Waals surface area contributed by atoms with Crippen LogP contribution in [0.15, 0.2) is 36.4 Å². The molecule has 0 aliphatic rings. The predicted molar refractivity (Wildman–Crippen MR) is 76.9 cm³/mol. The third-order valence-corrected chi connectivity index (χ3v) is 3.21. The summed E-state index contributed by atoms with van der Waals surface area (Å²) in [5.41, 5.74) is 9.36. The Hall–Kier alpha value is -1.87. The molecule has 2 aromatic rings. The quantitative estimate of drug-likeness (QED) is 0.823. The normalized spacial score (nSPS) is 10.2. The molecule has 0 saturated carbocycles. The Morgan fingerprint density at radius 3 is 2.61 bits per heavy atom.